The molecule has 4 aromatic rings. The number of nitrogens with zero attached hydrogens (tertiary/aromatic N) is 4. The van der Waals surface area contributed by atoms with Gasteiger partial charge in [-0.2, -0.15) is 9.97 Å². The standard InChI is InChI=1S/C32H39FN6O5/c1-3-4-14-44-31-36-29(34)28-30(37-31)39(32(41)35-28)18-23-8-9-26(25(33)16-23)38-12-10-21(11-13-38)19-43-20-24-7-5-6-22(15-24)17-27(40)42-2/h5-9,15-16,21H,3-4,10-14,17-20H2,1-2H3,(H,35,41)(H2,34,36,37). The molecule has 0 atom stereocenters. The number of carbonyl (C=O) groups is 1. The van der Waals surface area contributed by atoms with Crippen molar-refractivity contribution in [1.82, 2.24) is 19.5 Å². The molecule has 3 N–H and O–H groups in total. The highest BCUT2D eigenvalue weighted by Gasteiger charge is 2.22. The second-order valence-corrected chi connectivity index (χ2v) is 11.1. The quantitative estimate of drug-likeness (QED) is 0.169. The van der Waals surface area contributed by atoms with Crippen LogP contribution >= 0.6 is 0 Å². The third-order valence-corrected chi connectivity index (χ3v) is 7.86. The molecular weight excluding hydrogens is 567 g/mol. The van der Waals surface area contributed by atoms with Crippen LogP contribution in [-0.2, 0) is 33.8 Å². The van der Waals surface area contributed by atoms with Crippen molar-refractivity contribution < 1.29 is 23.4 Å². The number of fused-ring (bicyclic) bond motifs is 1. The van der Waals surface area contributed by atoms with E-state index in [1.807, 2.05) is 37.3 Å². The van der Waals surface area contributed by atoms with Crippen molar-refractivity contribution in [3.8, 4) is 6.01 Å². The van der Waals surface area contributed by atoms with E-state index in [0.717, 1.165) is 49.9 Å². The molecular formula is C32H39FN6O5. The van der Waals surface area contributed by atoms with Gasteiger partial charge in [-0.1, -0.05) is 43.7 Å². The van der Waals surface area contributed by atoms with Gasteiger partial charge in [0, 0.05) is 19.7 Å². The number of benzene rings is 2. The molecule has 11 nitrogen and oxygen atoms in total. The van der Waals surface area contributed by atoms with E-state index in [-0.39, 0.29) is 36.6 Å². The SMILES string of the molecule is CCCCOc1nc(N)c2[nH]c(=O)n(Cc3ccc(N4CCC(COCc5cccc(CC(=O)OC)c5)CC4)c(F)c3)c2n1. The minimum atomic E-state index is -0.408. The zero-order valence-corrected chi connectivity index (χ0v) is 25.2. The highest BCUT2D eigenvalue weighted by Crippen LogP contribution is 2.27. The molecule has 234 valence electrons. The molecule has 0 spiro atoms. The Labute approximate surface area is 255 Å². The average molecular weight is 607 g/mol. The van der Waals surface area contributed by atoms with Crippen molar-refractivity contribution in [1.29, 1.82) is 0 Å². The summed E-state index contributed by atoms with van der Waals surface area (Å²) < 4.78 is 33.1. The number of unbranched alkanes of at least 4 members (excludes halogenated alkanes) is 1. The zero-order valence-electron chi connectivity index (χ0n) is 25.2. The maximum absolute atomic E-state index is 15.3. The number of hydrogen-bond donors (Lipinski definition) is 2. The monoisotopic (exact) mass is 606 g/mol. The summed E-state index contributed by atoms with van der Waals surface area (Å²) >= 11 is 0. The molecule has 0 amide bonds. The van der Waals surface area contributed by atoms with E-state index in [0.29, 0.717) is 48.2 Å². The van der Waals surface area contributed by atoms with Gasteiger partial charge in [0.05, 0.1) is 39.0 Å². The number of methoxy groups -OCH3 is 1. The van der Waals surface area contributed by atoms with Gasteiger partial charge in [0.2, 0.25) is 0 Å². The van der Waals surface area contributed by atoms with E-state index < -0.39 is 5.69 Å². The van der Waals surface area contributed by atoms with Crippen LogP contribution in [0.5, 0.6) is 6.01 Å². The van der Waals surface area contributed by atoms with Crippen LogP contribution in [0.1, 0.15) is 49.3 Å². The van der Waals surface area contributed by atoms with Crippen LogP contribution in [0, 0.1) is 11.7 Å². The normalized spacial score (nSPS) is 13.8. The third-order valence-electron chi connectivity index (χ3n) is 7.86. The van der Waals surface area contributed by atoms with Crippen LogP contribution < -0.4 is 21.1 Å². The Kier molecular flexibility index (Phi) is 10.1. The second kappa shape index (κ2) is 14.3. The first-order valence-corrected chi connectivity index (χ1v) is 15.0. The van der Waals surface area contributed by atoms with E-state index in [4.69, 9.17) is 19.9 Å². The van der Waals surface area contributed by atoms with Gasteiger partial charge in [-0.05, 0) is 54.0 Å². The van der Waals surface area contributed by atoms with E-state index in [9.17, 15) is 9.59 Å². The van der Waals surface area contributed by atoms with Gasteiger partial charge in [0.25, 0.3) is 0 Å². The van der Waals surface area contributed by atoms with Crippen LogP contribution in [0.4, 0.5) is 15.9 Å². The summed E-state index contributed by atoms with van der Waals surface area (Å²) in [7, 11) is 1.38. The highest BCUT2D eigenvalue weighted by molar-refractivity contribution is 5.82. The molecule has 44 heavy (non-hydrogen) atoms. The molecule has 5 rings (SSSR count). The number of esters is 1. The first-order valence-electron chi connectivity index (χ1n) is 15.0. The average Bonchev–Trinajstić information content (AvgIpc) is 3.33. The molecule has 1 aliphatic heterocycles. The third kappa shape index (κ3) is 7.54. The lowest BCUT2D eigenvalue weighted by molar-refractivity contribution is -0.139. The first-order chi connectivity index (χ1) is 21.3. The molecule has 1 aliphatic rings. The topological polar surface area (TPSA) is 138 Å². The smallest absolute Gasteiger partial charge is 0.328 e. The lowest BCUT2D eigenvalue weighted by Gasteiger charge is -2.33. The largest absolute Gasteiger partial charge is 0.469 e. The van der Waals surface area contributed by atoms with E-state index in [1.54, 1.807) is 6.07 Å². The van der Waals surface area contributed by atoms with Gasteiger partial charge in [-0.15, -0.1) is 0 Å². The first kappa shape index (κ1) is 31.0. The Morgan fingerprint density at radius 3 is 2.66 bits per heavy atom. The van der Waals surface area contributed by atoms with Crippen LogP contribution in [0.15, 0.2) is 47.3 Å². The van der Waals surface area contributed by atoms with Crippen molar-refractivity contribution in [2.75, 3.05) is 44.0 Å². The molecule has 1 saturated heterocycles. The molecule has 0 bridgehead atoms. The van der Waals surface area contributed by atoms with E-state index in [1.165, 1.54) is 17.7 Å². The Morgan fingerprint density at radius 1 is 1.11 bits per heavy atom. The predicted molar refractivity (Wildman–Crippen MR) is 165 cm³/mol. The van der Waals surface area contributed by atoms with Crippen LogP contribution in [-0.4, -0.2) is 58.9 Å². The Morgan fingerprint density at radius 2 is 1.91 bits per heavy atom. The maximum Gasteiger partial charge on any atom is 0.328 e. The highest BCUT2D eigenvalue weighted by atomic mass is 19.1. The van der Waals surface area contributed by atoms with Crippen molar-refractivity contribution >= 4 is 28.6 Å². The molecule has 0 aliphatic carbocycles. The molecule has 3 heterocycles. The number of halogens is 1. The van der Waals surface area contributed by atoms with E-state index in [2.05, 4.69) is 19.9 Å². The summed E-state index contributed by atoms with van der Waals surface area (Å²) in [5.74, 6) is -0.105. The van der Waals surface area contributed by atoms with Crippen LogP contribution in [0.25, 0.3) is 11.2 Å². The van der Waals surface area contributed by atoms with Gasteiger partial charge in [-0.25, -0.2) is 9.18 Å². The number of ether oxygens (including phenoxy) is 3. The number of anilines is 2. The Bertz CT molecular complexity index is 1650. The summed E-state index contributed by atoms with van der Waals surface area (Å²) in [6.07, 6.45) is 3.81. The fraction of sp³-hybridized carbons (Fsp3) is 0.438. The number of rotatable bonds is 13. The lowest BCUT2D eigenvalue weighted by atomic mass is 9.97. The molecule has 0 saturated carbocycles. The fourth-order valence-electron chi connectivity index (χ4n) is 5.39. The molecule has 12 heteroatoms. The van der Waals surface area contributed by atoms with E-state index >= 15 is 4.39 Å². The minimum absolute atomic E-state index is 0.108. The number of aromatic amines is 1. The molecule has 2 aromatic carbocycles. The van der Waals surface area contributed by atoms with Gasteiger partial charge in [0.15, 0.2) is 11.5 Å². The Hall–Kier alpha value is -4.45. The van der Waals surface area contributed by atoms with Crippen molar-refractivity contribution in [2.45, 2.75) is 52.2 Å². The van der Waals surface area contributed by atoms with Gasteiger partial charge in [-0.3, -0.25) is 9.36 Å². The summed E-state index contributed by atoms with van der Waals surface area (Å²) in [5, 5.41) is 0. The summed E-state index contributed by atoms with van der Waals surface area (Å²) in [5.41, 5.74) is 9.36. The van der Waals surface area contributed by atoms with Crippen LogP contribution in [0.3, 0.4) is 0 Å². The zero-order chi connectivity index (χ0) is 31.1. The molecule has 0 unspecified atom stereocenters. The summed E-state index contributed by atoms with van der Waals surface area (Å²) in [4.78, 5) is 37.6. The number of nitrogens with one attached hydrogen (secondary N) is 1. The second-order valence-electron chi connectivity index (χ2n) is 11.1. The fourth-order valence-corrected chi connectivity index (χ4v) is 5.39. The van der Waals surface area contributed by atoms with Gasteiger partial charge >= 0.3 is 17.7 Å². The summed E-state index contributed by atoms with van der Waals surface area (Å²) in [6.45, 7) is 5.14. The minimum Gasteiger partial charge on any atom is -0.469 e. The maximum atomic E-state index is 15.3. The lowest BCUT2D eigenvalue weighted by Crippen LogP contribution is -2.35. The van der Waals surface area contributed by atoms with Gasteiger partial charge in [0.1, 0.15) is 11.3 Å². The number of carbonyl (C=O) groups excluding carboxylic acids is 1. The number of nitrogens with two attached hydrogens (primary N) is 1. The van der Waals surface area contributed by atoms with Crippen molar-refractivity contribution in [2.24, 2.45) is 5.92 Å². The number of piperidine rings is 1. The molecule has 2 aromatic heterocycles. The number of H-pyrrole nitrogens is 1. The predicted octanol–water partition coefficient (Wildman–Crippen LogP) is 4.22. The number of aromatic nitrogens is 4. The summed E-state index contributed by atoms with van der Waals surface area (Å²) in [6, 6.07) is 12.9. The number of nitrogen functional groups attached to an aromatic ring is 1. The van der Waals surface area contributed by atoms with Gasteiger partial charge < -0.3 is 29.8 Å². The van der Waals surface area contributed by atoms with Crippen molar-refractivity contribution in [3.63, 3.8) is 0 Å². The number of hydrogen-bond acceptors (Lipinski definition) is 9. The Balaban J connectivity index is 1.16. The molecule has 0 radical (unpaired) electrons. The van der Waals surface area contributed by atoms with Crippen LogP contribution in [0.2, 0.25) is 0 Å². The molecule has 1 fully saturated rings. The van der Waals surface area contributed by atoms with Crippen molar-refractivity contribution in [3.05, 3.63) is 75.5 Å². The number of imidazole rings is 1.